The number of hydrogen-bond acceptors (Lipinski definition) is 6. The lowest BCUT2D eigenvalue weighted by Gasteiger charge is -2.32. The van der Waals surface area contributed by atoms with E-state index in [1.54, 1.807) is 0 Å². The molecule has 28 heavy (non-hydrogen) atoms. The molecule has 3 heterocycles. The zero-order chi connectivity index (χ0) is 19.7. The predicted octanol–water partition coefficient (Wildman–Crippen LogP) is 2.79. The van der Waals surface area contributed by atoms with E-state index in [0.717, 1.165) is 13.1 Å². The van der Waals surface area contributed by atoms with Gasteiger partial charge in [0.1, 0.15) is 0 Å². The molecule has 0 bridgehead atoms. The minimum absolute atomic E-state index is 0.0339. The molecule has 0 amide bonds. The van der Waals surface area contributed by atoms with Crippen molar-refractivity contribution in [2.24, 2.45) is 0 Å². The fraction of sp³-hybridized carbons (Fsp3) is 0.412. The summed E-state index contributed by atoms with van der Waals surface area (Å²) in [7, 11) is 0. The fourth-order valence-electron chi connectivity index (χ4n) is 3.14. The van der Waals surface area contributed by atoms with Crippen LogP contribution in [0.25, 0.3) is 11.2 Å². The number of hydrogen-bond donors (Lipinski definition) is 0. The second-order valence-corrected chi connectivity index (χ2v) is 6.85. The van der Waals surface area contributed by atoms with Gasteiger partial charge in [0.05, 0.1) is 19.3 Å². The summed E-state index contributed by atoms with van der Waals surface area (Å²) in [4.78, 5) is 9.06. The van der Waals surface area contributed by atoms with Gasteiger partial charge in [-0.05, 0) is 5.56 Å². The molecule has 0 aliphatic carbocycles. The Labute approximate surface area is 163 Å². The van der Waals surface area contributed by atoms with Crippen molar-refractivity contribution >= 4 is 22.8 Å². The topological polar surface area (TPSA) is 69.0 Å². The maximum Gasteiger partial charge on any atom is 0.451 e. The van der Waals surface area contributed by atoms with Crippen molar-refractivity contribution in [3.05, 3.63) is 46.9 Å². The number of aromatic nitrogens is 5. The minimum atomic E-state index is -4.71. The van der Waals surface area contributed by atoms with Crippen molar-refractivity contribution in [3.8, 4) is 0 Å². The molecule has 3 aromatic rings. The summed E-state index contributed by atoms with van der Waals surface area (Å²) < 4.78 is 46.0. The van der Waals surface area contributed by atoms with Crippen LogP contribution in [0.15, 0.2) is 30.3 Å². The minimum Gasteiger partial charge on any atom is -0.374 e. The average molecular weight is 413 g/mol. The third-order valence-electron chi connectivity index (χ3n) is 4.42. The van der Waals surface area contributed by atoms with Gasteiger partial charge < -0.3 is 4.74 Å². The molecule has 7 nitrogen and oxygen atoms in total. The van der Waals surface area contributed by atoms with Gasteiger partial charge in [-0.1, -0.05) is 47.1 Å². The first-order valence-electron chi connectivity index (χ1n) is 8.62. The molecule has 1 aromatic carbocycles. The molecular weight excluding hydrogens is 397 g/mol. The van der Waals surface area contributed by atoms with Crippen LogP contribution < -0.4 is 0 Å². The van der Waals surface area contributed by atoms with Crippen molar-refractivity contribution < 1.29 is 17.9 Å². The Morgan fingerprint density at radius 3 is 2.71 bits per heavy atom. The zero-order valence-electron chi connectivity index (χ0n) is 14.6. The maximum atomic E-state index is 13.0. The first kappa shape index (κ1) is 19.0. The van der Waals surface area contributed by atoms with Crippen molar-refractivity contribution in [2.75, 3.05) is 19.7 Å². The van der Waals surface area contributed by atoms with E-state index in [1.807, 2.05) is 30.3 Å². The van der Waals surface area contributed by atoms with Gasteiger partial charge in [-0.25, -0.2) is 14.6 Å². The Morgan fingerprint density at radius 2 is 1.96 bits per heavy atom. The van der Waals surface area contributed by atoms with Gasteiger partial charge >= 0.3 is 6.18 Å². The van der Waals surface area contributed by atoms with Gasteiger partial charge in [0.2, 0.25) is 5.82 Å². The summed E-state index contributed by atoms with van der Waals surface area (Å²) in [5, 5.41) is 7.33. The number of alkyl halides is 3. The number of fused-ring (bicyclic) bond motifs is 1. The third-order valence-corrected chi connectivity index (χ3v) is 4.69. The Kier molecular flexibility index (Phi) is 5.17. The highest BCUT2D eigenvalue weighted by atomic mass is 35.5. The molecular formula is C17H16ClF3N6O. The monoisotopic (exact) mass is 412 g/mol. The highest BCUT2D eigenvalue weighted by Crippen LogP contribution is 2.29. The molecule has 1 saturated heterocycles. The van der Waals surface area contributed by atoms with E-state index in [-0.39, 0.29) is 29.0 Å². The Morgan fingerprint density at radius 1 is 1.18 bits per heavy atom. The van der Waals surface area contributed by atoms with E-state index in [0.29, 0.717) is 13.2 Å². The summed E-state index contributed by atoms with van der Waals surface area (Å²) in [6, 6.07) is 10.0. The van der Waals surface area contributed by atoms with Crippen LogP contribution in [0.2, 0.25) is 5.15 Å². The summed E-state index contributed by atoms with van der Waals surface area (Å²) in [6.07, 6.45) is -4.97. The number of benzene rings is 1. The first-order chi connectivity index (χ1) is 13.4. The number of halogens is 4. The SMILES string of the molecule is FC(F)(F)c1nc(Cl)c2nnn(CC3CN(Cc4ccccc4)CCO3)c2n1. The van der Waals surface area contributed by atoms with Gasteiger partial charge in [-0.15, -0.1) is 5.10 Å². The molecule has 11 heteroatoms. The Bertz CT molecular complexity index is 965. The molecule has 0 saturated carbocycles. The van der Waals surface area contributed by atoms with E-state index in [1.165, 1.54) is 10.2 Å². The molecule has 148 valence electrons. The van der Waals surface area contributed by atoms with Gasteiger partial charge in [0.25, 0.3) is 0 Å². The molecule has 0 radical (unpaired) electrons. The van der Waals surface area contributed by atoms with E-state index in [4.69, 9.17) is 16.3 Å². The second-order valence-electron chi connectivity index (χ2n) is 6.49. The van der Waals surface area contributed by atoms with Crippen LogP contribution in [0, 0.1) is 0 Å². The summed E-state index contributed by atoms with van der Waals surface area (Å²) >= 11 is 5.83. The second kappa shape index (κ2) is 7.61. The fourth-order valence-corrected chi connectivity index (χ4v) is 3.34. The van der Waals surface area contributed by atoms with Gasteiger partial charge in [-0.2, -0.15) is 13.2 Å². The molecule has 1 unspecified atom stereocenters. The van der Waals surface area contributed by atoms with E-state index < -0.39 is 12.0 Å². The molecule has 1 aliphatic heterocycles. The normalized spacial score (nSPS) is 18.6. The van der Waals surface area contributed by atoms with Crippen molar-refractivity contribution in [3.63, 3.8) is 0 Å². The van der Waals surface area contributed by atoms with E-state index in [2.05, 4.69) is 25.2 Å². The lowest BCUT2D eigenvalue weighted by molar-refractivity contribution is -0.144. The van der Waals surface area contributed by atoms with Crippen LogP contribution in [0.4, 0.5) is 13.2 Å². The van der Waals surface area contributed by atoms with Crippen LogP contribution in [0.3, 0.4) is 0 Å². The lowest BCUT2D eigenvalue weighted by Crippen LogP contribution is -2.43. The van der Waals surface area contributed by atoms with E-state index >= 15 is 0 Å². The zero-order valence-corrected chi connectivity index (χ0v) is 15.4. The van der Waals surface area contributed by atoms with Gasteiger partial charge in [0, 0.05) is 19.6 Å². The Hall–Kier alpha value is -2.30. The standard InChI is InChI=1S/C17H16ClF3N6O/c18-14-13-15(23-16(22-14)17(19,20)21)27(25-24-13)10-12-9-26(6-7-28-12)8-11-4-2-1-3-5-11/h1-5,12H,6-10H2. The molecule has 0 N–H and O–H groups in total. The molecule has 4 rings (SSSR count). The summed E-state index contributed by atoms with van der Waals surface area (Å²) in [5.74, 6) is -1.32. The predicted molar refractivity (Wildman–Crippen MR) is 94.6 cm³/mol. The number of morpholine rings is 1. The molecule has 0 spiro atoms. The Balaban J connectivity index is 1.52. The molecule has 2 aromatic heterocycles. The van der Waals surface area contributed by atoms with Gasteiger partial charge in [0.15, 0.2) is 16.3 Å². The number of rotatable bonds is 4. The van der Waals surface area contributed by atoms with Crippen LogP contribution in [0.1, 0.15) is 11.4 Å². The lowest BCUT2D eigenvalue weighted by atomic mass is 10.2. The maximum absolute atomic E-state index is 13.0. The third kappa shape index (κ3) is 4.08. The van der Waals surface area contributed by atoms with Crippen LogP contribution in [0.5, 0.6) is 0 Å². The number of ether oxygens (including phenoxy) is 1. The van der Waals surface area contributed by atoms with Gasteiger partial charge in [-0.3, -0.25) is 4.90 Å². The highest BCUT2D eigenvalue weighted by molar-refractivity contribution is 6.33. The van der Waals surface area contributed by atoms with Crippen LogP contribution in [-0.4, -0.2) is 55.7 Å². The van der Waals surface area contributed by atoms with Crippen molar-refractivity contribution in [2.45, 2.75) is 25.4 Å². The summed E-state index contributed by atoms with van der Waals surface area (Å²) in [5.41, 5.74) is 1.16. The van der Waals surface area contributed by atoms with E-state index in [9.17, 15) is 13.2 Å². The quantitative estimate of drug-likeness (QED) is 0.614. The smallest absolute Gasteiger partial charge is 0.374 e. The first-order valence-corrected chi connectivity index (χ1v) is 9.00. The van der Waals surface area contributed by atoms with Crippen LogP contribution >= 0.6 is 11.6 Å². The van der Waals surface area contributed by atoms with Crippen molar-refractivity contribution in [1.29, 1.82) is 0 Å². The molecule has 1 fully saturated rings. The largest absolute Gasteiger partial charge is 0.451 e. The molecule has 1 atom stereocenters. The number of nitrogens with zero attached hydrogens (tertiary/aromatic N) is 6. The molecule has 1 aliphatic rings. The average Bonchev–Trinajstić information content (AvgIpc) is 3.06. The van der Waals surface area contributed by atoms with Crippen LogP contribution in [-0.2, 0) is 24.0 Å². The summed E-state index contributed by atoms with van der Waals surface area (Å²) in [6.45, 7) is 2.89. The highest BCUT2D eigenvalue weighted by Gasteiger charge is 2.36. The van der Waals surface area contributed by atoms with Crippen molar-refractivity contribution in [1.82, 2.24) is 29.9 Å².